The van der Waals surface area contributed by atoms with Gasteiger partial charge in [-0.3, -0.25) is 9.59 Å². The number of thiazole rings is 1. The second-order valence-electron chi connectivity index (χ2n) is 7.05. The molecule has 2 heterocycles. The summed E-state index contributed by atoms with van der Waals surface area (Å²) in [6, 6.07) is 13.5. The first-order valence-electron chi connectivity index (χ1n) is 9.44. The van der Waals surface area contributed by atoms with E-state index in [9.17, 15) is 14.0 Å². The Hall–Kier alpha value is -3.26. The van der Waals surface area contributed by atoms with Crippen LogP contribution in [0.2, 0.25) is 0 Å². The first-order chi connectivity index (χ1) is 14.5. The Morgan fingerprint density at radius 2 is 1.97 bits per heavy atom. The summed E-state index contributed by atoms with van der Waals surface area (Å²) in [5.41, 5.74) is 3.92. The summed E-state index contributed by atoms with van der Waals surface area (Å²) in [5, 5.41) is 3.48. The van der Waals surface area contributed by atoms with Crippen LogP contribution in [0.4, 0.5) is 9.39 Å². The predicted molar refractivity (Wildman–Crippen MR) is 113 cm³/mol. The predicted octanol–water partition coefficient (Wildman–Crippen LogP) is 3.95. The largest absolute Gasteiger partial charge is 0.497 e. The highest BCUT2D eigenvalue weighted by Gasteiger charge is 2.34. The van der Waals surface area contributed by atoms with E-state index in [0.29, 0.717) is 23.8 Å². The van der Waals surface area contributed by atoms with E-state index in [0.717, 1.165) is 16.9 Å². The molecule has 0 aliphatic carbocycles. The van der Waals surface area contributed by atoms with Gasteiger partial charge in [-0.2, -0.15) is 0 Å². The summed E-state index contributed by atoms with van der Waals surface area (Å²) < 4.78 is 18.3. The van der Waals surface area contributed by atoms with Crippen molar-refractivity contribution in [3.63, 3.8) is 0 Å². The Morgan fingerprint density at radius 1 is 1.23 bits per heavy atom. The third-order valence-corrected chi connectivity index (χ3v) is 5.78. The van der Waals surface area contributed by atoms with E-state index in [2.05, 4.69) is 10.3 Å². The lowest BCUT2D eigenvalue weighted by Gasteiger charge is -2.17. The standard InChI is InChI=1S/C22H20FN3O3S/c1-29-18-8-2-14(3-9-18)11-26-12-16(10-19(26)27)21(28)25-22-20(24-13-30-22)15-4-6-17(23)7-5-15/h2-9,13,16H,10-12H2,1H3,(H,25,28). The van der Waals surface area contributed by atoms with Gasteiger partial charge in [0.2, 0.25) is 11.8 Å². The van der Waals surface area contributed by atoms with Gasteiger partial charge in [0.05, 0.1) is 18.5 Å². The van der Waals surface area contributed by atoms with Crippen LogP contribution in [0.25, 0.3) is 11.3 Å². The van der Waals surface area contributed by atoms with E-state index in [1.54, 1.807) is 29.7 Å². The fraction of sp³-hybridized carbons (Fsp3) is 0.227. The number of rotatable bonds is 6. The van der Waals surface area contributed by atoms with Crippen molar-refractivity contribution in [3.8, 4) is 17.0 Å². The number of halogens is 1. The summed E-state index contributed by atoms with van der Waals surface area (Å²) in [4.78, 5) is 31.2. The van der Waals surface area contributed by atoms with E-state index in [1.165, 1.54) is 23.5 Å². The minimum absolute atomic E-state index is 0.0472. The summed E-state index contributed by atoms with van der Waals surface area (Å²) >= 11 is 1.30. The number of methoxy groups -OCH3 is 1. The molecule has 8 heteroatoms. The Kier molecular flexibility index (Phi) is 5.76. The van der Waals surface area contributed by atoms with Gasteiger partial charge in [0, 0.05) is 25.1 Å². The van der Waals surface area contributed by atoms with Crippen molar-refractivity contribution in [2.45, 2.75) is 13.0 Å². The van der Waals surface area contributed by atoms with Gasteiger partial charge in [-0.1, -0.05) is 12.1 Å². The Bertz CT molecular complexity index is 1050. The molecule has 1 aliphatic heterocycles. The van der Waals surface area contributed by atoms with Gasteiger partial charge in [0.25, 0.3) is 0 Å². The van der Waals surface area contributed by atoms with Gasteiger partial charge < -0.3 is 15.0 Å². The molecule has 2 amide bonds. The average molecular weight is 425 g/mol. The summed E-state index contributed by atoms with van der Waals surface area (Å²) in [6.07, 6.45) is 0.173. The topological polar surface area (TPSA) is 71.5 Å². The lowest BCUT2D eigenvalue weighted by molar-refractivity contribution is -0.128. The van der Waals surface area contributed by atoms with E-state index in [1.807, 2.05) is 24.3 Å². The smallest absolute Gasteiger partial charge is 0.230 e. The monoisotopic (exact) mass is 425 g/mol. The second kappa shape index (κ2) is 8.62. The average Bonchev–Trinajstić information content (AvgIpc) is 3.36. The number of benzene rings is 2. The van der Waals surface area contributed by atoms with Crippen molar-refractivity contribution in [2.24, 2.45) is 5.92 Å². The van der Waals surface area contributed by atoms with Crippen LogP contribution in [0.15, 0.2) is 54.0 Å². The molecule has 0 spiro atoms. The summed E-state index contributed by atoms with van der Waals surface area (Å²) in [7, 11) is 1.60. The molecule has 3 aromatic rings. The molecule has 1 fully saturated rings. The van der Waals surface area contributed by atoms with Crippen LogP contribution in [0.1, 0.15) is 12.0 Å². The van der Waals surface area contributed by atoms with Crippen molar-refractivity contribution in [3.05, 3.63) is 65.4 Å². The van der Waals surface area contributed by atoms with Crippen molar-refractivity contribution >= 4 is 28.2 Å². The van der Waals surface area contributed by atoms with Gasteiger partial charge in [0.1, 0.15) is 22.3 Å². The number of carbonyl (C=O) groups excluding carboxylic acids is 2. The number of nitrogens with one attached hydrogen (secondary N) is 1. The molecular formula is C22H20FN3O3S. The number of aromatic nitrogens is 1. The molecule has 1 atom stereocenters. The lowest BCUT2D eigenvalue weighted by atomic mass is 10.1. The Morgan fingerprint density at radius 3 is 2.67 bits per heavy atom. The minimum atomic E-state index is -0.432. The minimum Gasteiger partial charge on any atom is -0.497 e. The quantitative estimate of drug-likeness (QED) is 0.649. The van der Waals surface area contributed by atoms with E-state index < -0.39 is 5.92 Å². The molecule has 0 bridgehead atoms. The molecule has 0 saturated carbocycles. The number of hydrogen-bond acceptors (Lipinski definition) is 5. The van der Waals surface area contributed by atoms with Crippen molar-refractivity contribution in [1.82, 2.24) is 9.88 Å². The highest BCUT2D eigenvalue weighted by Crippen LogP contribution is 2.32. The molecule has 6 nitrogen and oxygen atoms in total. The zero-order valence-corrected chi connectivity index (χ0v) is 17.1. The van der Waals surface area contributed by atoms with E-state index >= 15 is 0 Å². The van der Waals surface area contributed by atoms with Gasteiger partial charge in [-0.05, 0) is 42.0 Å². The highest BCUT2D eigenvalue weighted by molar-refractivity contribution is 7.14. The summed E-state index contributed by atoms with van der Waals surface area (Å²) in [5.74, 6) is -0.271. The normalized spacial score (nSPS) is 16.0. The molecule has 0 radical (unpaired) electrons. The maximum Gasteiger partial charge on any atom is 0.230 e. The number of anilines is 1. The molecule has 1 saturated heterocycles. The van der Waals surface area contributed by atoms with Crippen LogP contribution in [0, 0.1) is 11.7 Å². The fourth-order valence-electron chi connectivity index (χ4n) is 3.41. The Labute approximate surface area is 177 Å². The van der Waals surface area contributed by atoms with Crippen molar-refractivity contribution < 1.29 is 18.7 Å². The molecule has 1 unspecified atom stereocenters. The molecule has 1 aliphatic rings. The first kappa shape index (κ1) is 20.0. The van der Waals surface area contributed by atoms with Crippen LogP contribution in [-0.2, 0) is 16.1 Å². The van der Waals surface area contributed by atoms with Gasteiger partial charge in [0.15, 0.2) is 0 Å². The third-order valence-electron chi connectivity index (χ3n) is 5.04. The molecular weight excluding hydrogens is 405 g/mol. The zero-order chi connectivity index (χ0) is 21.1. The van der Waals surface area contributed by atoms with Crippen LogP contribution in [0.3, 0.4) is 0 Å². The van der Waals surface area contributed by atoms with E-state index in [-0.39, 0.29) is 24.1 Å². The van der Waals surface area contributed by atoms with Gasteiger partial charge in [-0.25, -0.2) is 9.37 Å². The number of ether oxygens (including phenoxy) is 1. The van der Waals surface area contributed by atoms with Crippen LogP contribution < -0.4 is 10.1 Å². The first-order valence-corrected chi connectivity index (χ1v) is 10.3. The summed E-state index contributed by atoms with van der Waals surface area (Å²) in [6.45, 7) is 0.815. The molecule has 1 aromatic heterocycles. The number of hydrogen-bond donors (Lipinski definition) is 1. The van der Waals surface area contributed by atoms with Gasteiger partial charge in [-0.15, -0.1) is 11.3 Å². The molecule has 154 valence electrons. The zero-order valence-electron chi connectivity index (χ0n) is 16.3. The highest BCUT2D eigenvalue weighted by atomic mass is 32.1. The lowest BCUT2D eigenvalue weighted by Crippen LogP contribution is -2.28. The third kappa shape index (κ3) is 4.33. The van der Waals surface area contributed by atoms with E-state index in [4.69, 9.17) is 4.74 Å². The van der Waals surface area contributed by atoms with Crippen LogP contribution in [-0.4, -0.2) is 35.4 Å². The second-order valence-corrected chi connectivity index (χ2v) is 7.90. The van der Waals surface area contributed by atoms with Gasteiger partial charge >= 0.3 is 0 Å². The maximum absolute atomic E-state index is 13.2. The van der Waals surface area contributed by atoms with Crippen molar-refractivity contribution in [1.29, 1.82) is 0 Å². The number of amides is 2. The van der Waals surface area contributed by atoms with Crippen LogP contribution in [0.5, 0.6) is 5.75 Å². The fourth-order valence-corrected chi connectivity index (χ4v) is 4.12. The van der Waals surface area contributed by atoms with Crippen LogP contribution >= 0.6 is 11.3 Å². The van der Waals surface area contributed by atoms with Crippen molar-refractivity contribution in [2.75, 3.05) is 19.0 Å². The SMILES string of the molecule is COc1ccc(CN2CC(C(=O)Nc3scnc3-c3ccc(F)cc3)CC2=O)cc1. The Balaban J connectivity index is 1.41. The number of nitrogens with zero attached hydrogens (tertiary/aromatic N) is 2. The number of carbonyl (C=O) groups is 2. The number of likely N-dealkylation sites (tertiary alicyclic amines) is 1. The molecule has 30 heavy (non-hydrogen) atoms. The molecule has 2 aromatic carbocycles. The maximum atomic E-state index is 13.2. The molecule has 4 rings (SSSR count). The molecule has 1 N–H and O–H groups in total.